The van der Waals surface area contributed by atoms with Gasteiger partial charge in [-0.15, -0.1) is 0 Å². The summed E-state index contributed by atoms with van der Waals surface area (Å²) in [6.07, 6.45) is 0. The fraction of sp³-hybridized carbons (Fsp3) is 0.200. The van der Waals surface area contributed by atoms with E-state index in [0.717, 1.165) is 11.1 Å². The standard InChI is InChI=1S/C15H15ClFNO/c1-10-5-6-12(17)8-14(10)15(18)9-19-13-4-2-3-11(16)7-13/h2-8,15H,9,18H2,1H3. The maximum absolute atomic E-state index is 13.2. The molecule has 100 valence electrons. The van der Waals surface area contributed by atoms with Crippen LogP contribution in [-0.4, -0.2) is 6.61 Å². The van der Waals surface area contributed by atoms with Gasteiger partial charge in [0.05, 0.1) is 6.04 Å². The summed E-state index contributed by atoms with van der Waals surface area (Å²) in [6, 6.07) is 11.3. The molecule has 0 aliphatic carbocycles. The van der Waals surface area contributed by atoms with Gasteiger partial charge in [0.15, 0.2) is 0 Å². The molecule has 0 heterocycles. The number of aryl methyl sites for hydroxylation is 1. The zero-order valence-corrected chi connectivity index (χ0v) is 11.3. The summed E-state index contributed by atoms with van der Waals surface area (Å²) < 4.78 is 18.8. The Hall–Kier alpha value is -1.58. The fourth-order valence-corrected chi connectivity index (χ4v) is 2.02. The molecule has 0 saturated heterocycles. The van der Waals surface area contributed by atoms with Crippen LogP contribution in [0.1, 0.15) is 17.2 Å². The summed E-state index contributed by atoms with van der Waals surface area (Å²) in [5.41, 5.74) is 7.73. The Morgan fingerprint density at radius 1 is 1.26 bits per heavy atom. The van der Waals surface area contributed by atoms with E-state index in [-0.39, 0.29) is 18.5 Å². The minimum Gasteiger partial charge on any atom is -0.492 e. The molecular weight excluding hydrogens is 265 g/mol. The Morgan fingerprint density at radius 2 is 2.05 bits per heavy atom. The molecular formula is C15H15ClFNO. The smallest absolute Gasteiger partial charge is 0.123 e. The lowest BCUT2D eigenvalue weighted by molar-refractivity contribution is 0.290. The van der Waals surface area contributed by atoms with Crippen molar-refractivity contribution < 1.29 is 9.13 Å². The lowest BCUT2D eigenvalue weighted by Gasteiger charge is -2.16. The van der Waals surface area contributed by atoms with Crippen molar-refractivity contribution in [3.8, 4) is 5.75 Å². The number of benzene rings is 2. The largest absolute Gasteiger partial charge is 0.492 e. The molecule has 0 spiro atoms. The lowest BCUT2D eigenvalue weighted by Crippen LogP contribution is -2.20. The number of hydrogen-bond donors (Lipinski definition) is 1. The Balaban J connectivity index is 2.05. The first kappa shape index (κ1) is 13.8. The van der Waals surface area contributed by atoms with E-state index in [1.54, 1.807) is 30.3 Å². The van der Waals surface area contributed by atoms with Crippen molar-refractivity contribution in [2.45, 2.75) is 13.0 Å². The zero-order valence-electron chi connectivity index (χ0n) is 10.6. The quantitative estimate of drug-likeness (QED) is 0.922. The molecule has 1 atom stereocenters. The van der Waals surface area contributed by atoms with E-state index in [9.17, 15) is 4.39 Å². The summed E-state index contributed by atoms with van der Waals surface area (Å²) in [5, 5.41) is 0.605. The van der Waals surface area contributed by atoms with Gasteiger partial charge in [0, 0.05) is 5.02 Å². The normalized spacial score (nSPS) is 12.2. The molecule has 0 aliphatic heterocycles. The van der Waals surface area contributed by atoms with E-state index >= 15 is 0 Å². The van der Waals surface area contributed by atoms with Gasteiger partial charge in [0.25, 0.3) is 0 Å². The van der Waals surface area contributed by atoms with Gasteiger partial charge in [-0.2, -0.15) is 0 Å². The molecule has 2 nitrogen and oxygen atoms in total. The number of hydrogen-bond acceptors (Lipinski definition) is 2. The van der Waals surface area contributed by atoms with Crippen LogP contribution in [0.15, 0.2) is 42.5 Å². The minimum atomic E-state index is -0.380. The Kier molecular flexibility index (Phi) is 4.40. The van der Waals surface area contributed by atoms with Gasteiger partial charge in [0.2, 0.25) is 0 Å². The first-order valence-electron chi connectivity index (χ1n) is 5.96. The highest BCUT2D eigenvalue weighted by molar-refractivity contribution is 6.30. The average Bonchev–Trinajstić information content (AvgIpc) is 2.39. The monoisotopic (exact) mass is 279 g/mol. The number of ether oxygens (including phenoxy) is 1. The summed E-state index contributed by atoms with van der Waals surface area (Å²) in [6.45, 7) is 2.17. The van der Waals surface area contributed by atoms with Crippen LogP contribution in [0.25, 0.3) is 0 Å². The predicted octanol–water partition coefficient (Wildman–Crippen LogP) is 3.87. The molecule has 0 amide bonds. The molecule has 0 saturated carbocycles. The summed E-state index contributed by atoms with van der Waals surface area (Å²) in [4.78, 5) is 0. The molecule has 0 aliphatic rings. The molecule has 2 rings (SSSR count). The molecule has 2 aromatic rings. The maximum atomic E-state index is 13.2. The van der Waals surface area contributed by atoms with Crippen molar-refractivity contribution in [1.29, 1.82) is 0 Å². The van der Waals surface area contributed by atoms with Gasteiger partial charge in [-0.1, -0.05) is 23.7 Å². The molecule has 19 heavy (non-hydrogen) atoms. The summed E-state index contributed by atoms with van der Waals surface area (Å²) in [5.74, 6) is 0.357. The third kappa shape index (κ3) is 3.69. The van der Waals surface area contributed by atoms with Crippen molar-refractivity contribution >= 4 is 11.6 Å². The van der Waals surface area contributed by atoms with E-state index < -0.39 is 0 Å². The van der Waals surface area contributed by atoms with E-state index in [4.69, 9.17) is 22.1 Å². The van der Waals surface area contributed by atoms with Crippen molar-refractivity contribution in [3.63, 3.8) is 0 Å². The molecule has 0 aromatic heterocycles. The highest BCUT2D eigenvalue weighted by Crippen LogP contribution is 2.21. The van der Waals surface area contributed by atoms with Crippen LogP contribution in [-0.2, 0) is 0 Å². The van der Waals surface area contributed by atoms with E-state index in [1.807, 2.05) is 6.92 Å². The van der Waals surface area contributed by atoms with Crippen LogP contribution < -0.4 is 10.5 Å². The number of nitrogens with two attached hydrogens (primary N) is 1. The van der Waals surface area contributed by atoms with E-state index in [0.29, 0.717) is 10.8 Å². The van der Waals surface area contributed by atoms with Crippen LogP contribution in [0.5, 0.6) is 5.75 Å². The molecule has 0 radical (unpaired) electrons. The van der Waals surface area contributed by atoms with Crippen molar-refractivity contribution in [2.75, 3.05) is 6.61 Å². The fourth-order valence-electron chi connectivity index (χ4n) is 1.84. The SMILES string of the molecule is Cc1ccc(F)cc1C(N)COc1cccc(Cl)c1. The summed E-state index contributed by atoms with van der Waals surface area (Å²) >= 11 is 5.86. The Labute approximate surface area is 117 Å². The second kappa shape index (κ2) is 6.04. The first-order chi connectivity index (χ1) is 9.06. The summed E-state index contributed by atoms with van der Waals surface area (Å²) in [7, 11) is 0. The van der Waals surface area contributed by atoms with Gasteiger partial charge < -0.3 is 10.5 Å². The zero-order chi connectivity index (χ0) is 13.8. The maximum Gasteiger partial charge on any atom is 0.123 e. The first-order valence-corrected chi connectivity index (χ1v) is 6.34. The topological polar surface area (TPSA) is 35.2 Å². The average molecular weight is 280 g/mol. The second-order valence-electron chi connectivity index (χ2n) is 4.38. The predicted molar refractivity (Wildman–Crippen MR) is 75.0 cm³/mol. The van der Waals surface area contributed by atoms with Crippen molar-refractivity contribution in [1.82, 2.24) is 0 Å². The van der Waals surface area contributed by atoms with E-state index in [1.165, 1.54) is 12.1 Å². The lowest BCUT2D eigenvalue weighted by atomic mass is 10.0. The van der Waals surface area contributed by atoms with Crippen molar-refractivity contribution in [3.05, 3.63) is 64.4 Å². The molecule has 4 heteroatoms. The Morgan fingerprint density at radius 3 is 2.79 bits per heavy atom. The van der Waals surface area contributed by atoms with Gasteiger partial charge in [-0.3, -0.25) is 0 Å². The van der Waals surface area contributed by atoms with Crippen LogP contribution in [0.4, 0.5) is 4.39 Å². The van der Waals surface area contributed by atoms with E-state index in [2.05, 4.69) is 0 Å². The van der Waals surface area contributed by atoms with Gasteiger partial charge in [0.1, 0.15) is 18.2 Å². The third-order valence-electron chi connectivity index (χ3n) is 2.87. The number of rotatable bonds is 4. The Bertz CT molecular complexity index is 574. The van der Waals surface area contributed by atoms with Crippen LogP contribution >= 0.6 is 11.6 Å². The van der Waals surface area contributed by atoms with Crippen LogP contribution in [0.3, 0.4) is 0 Å². The van der Waals surface area contributed by atoms with Crippen LogP contribution in [0, 0.1) is 12.7 Å². The second-order valence-corrected chi connectivity index (χ2v) is 4.81. The third-order valence-corrected chi connectivity index (χ3v) is 3.10. The highest BCUT2D eigenvalue weighted by Gasteiger charge is 2.11. The van der Waals surface area contributed by atoms with Gasteiger partial charge >= 0.3 is 0 Å². The van der Waals surface area contributed by atoms with Crippen LogP contribution in [0.2, 0.25) is 5.02 Å². The molecule has 2 aromatic carbocycles. The molecule has 2 N–H and O–H groups in total. The number of halogens is 2. The molecule has 1 unspecified atom stereocenters. The minimum absolute atomic E-state index is 0.268. The highest BCUT2D eigenvalue weighted by atomic mass is 35.5. The van der Waals surface area contributed by atoms with Crippen molar-refractivity contribution in [2.24, 2.45) is 5.73 Å². The molecule has 0 bridgehead atoms. The van der Waals surface area contributed by atoms with Gasteiger partial charge in [-0.05, 0) is 48.4 Å². The molecule has 0 fully saturated rings. The van der Waals surface area contributed by atoms with Gasteiger partial charge in [-0.25, -0.2) is 4.39 Å².